The van der Waals surface area contributed by atoms with E-state index in [4.69, 9.17) is 8.53 Å². The van der Waals surface area contributed by atoms with Gasteiger partial charge in [0.25, 0.3) is 5.82 Å². The van der Waals surface area contributed by atoms with E-state index in [1.54, 1.807) is 6.20 Å². The summed E-state index contributed by atoms with van der Waals surface area (Å²) in [4.78, 5) is 6.74. The zero-order chi connectivity index (χ0) is 20.4. The summed E-state index contributed by atoms with van der Waals surface area (Å²) in [7, 11) is 1.89. The summed E-state index contributed by atoms with van der Waals surface area (Å²) in [5.41, 5.74) is 4.85. The average Bonchev–Trinajstić information content (AvgIpc) is 2.93. The molecule has 0 fully saturated rings. The molecule has 0 aromatic carbocycles. The van der Waals surface area contributed by atoms with E-state index in [0.717, 1.165) is 39.4 Å². The monoisotopic (exact) mass is 335 g/mol. The van der Waals surface area contributed by atoms with Crippen LogP contribution < -0.4 is 14.8 Å². The highest BCUT2D eigenvalue weighted by atomic mass is 16.3. The number of hydrogen-bond acceptors (Lipinski definition) is 3. The van der Waals surface area contributed by atoms with Crippen LogP contribution in [0.5, 0.6) is 0 Å². The second-order valence-corrected chi connectivity index (χ2v) is 6.86. The second-order valence-electron chi connectivity index (χ2n) is 6.86. The van der Waals surface area contributed by atoms with Crippen molar-refractivity contribution in [2.75, 3.05) is 4.81 Å². The van der Waals surface area contributed by atoms with Gasteiger partial charge < -0.3 is 4.42 Å². The standard InChI is InChI=1S/C20H23BN3O/c1-12-9-18(23(6)11-13(12)2)24-15(4)10-17-19(21(24)5)16-8-7-14(3)22-20(16)25-17/h7-11H,1-6H3/q+1/i2D3. The van der Waals surface area contributed by atoms with Crippen LogP contribution in [0.15, 0.2) is 34.5 Å². The van der Waals surface area contributed by atoms with Crippen molar-refractivity contribution >= 4 is 35.3 Å². The zero-order valence-corrected chi connectivity index (χ0v) is 15.2. The van der Waals surface area contributed by atoms with E-state index < -0.39 is 6.85 Å². The lowest BCUT2D eigenvalue weighted by Gasteiger charge is -2.27. The van der Waals surface area contributed by atoms with Crippen LogP contribution >= 0.6 is 0 Å². The molecule has 0 saturated carbocycles. The van der Waals surface area contributed by atoms with Crippen molar-refractivity contribution in [1.82, 2.24) is 4.98 Å². The van der Waals surface area contributed by atoms with Crippen molar-refractivity contribution in [3.05, 3.63) is 52.7 Å². The Bertz CT molecular complexity index is 1130. The van der Waals surface area contributed by atoms with E-state index in [0.29, 0.717) is 11.3 Å². The van der Waals surface area contributed by atoms with Gasteiger partial charge in [-0.1, -0.05) is 0 Å². The van der Waals surface area contributed by atoms with Crippen LogP contribution in [0.1, 0.15) is 33.6 Å². The predicted octanol–water partition coefficient (Wildman–Crippen LogP) is 3.29. The molecule has 5 heteroatoms. The Balaban J connectivity index is 1.87. The third-order valence-corrected chi connectivity index (χ3v) is 4.99. The third kappa shape index (κ3) is 2.37. The average molecular weight is 335 g/mol. The van der Waals surface area contributed by atoms with Crippen LogP contribution in [-0.2, 0) is 7.05 Å². The van der Waals surface area contributed by atoms with Crippen LogP contribution in [0.4, 0.5) is 5.82 Å². The van der Waals surface area contributed by atoms with Crippen molar-refractivity contribution < 1.29 is 13.1 Å². The summed E-state index contributed by atoms with van der Waals surface area (Å²) < 4.78 is 31.2. The van der Waals surface area contributed by atoms with Gasteiger partial charge in [0, 0.05) is 32.8 Å². The zero-order valence-electron chi connectivity index (χ0n) is 18.2. The molecule has 4 heterocycles. The normalized spacial score (nSPS) is 16.4. The van der Waals surface area contributed by atoms with E-state index in [1.165, 1.54) is 0 Å². The van der Waals surface area contributed by atoms with Gasteiger partial charge in [0.15, 0.2) is 0 Å². The molecule has 126 valence electrons. The molecule has 3 aromatic rings. The Hall–Kier alpha value is -2.56. The highest BCUT2D eigenvalue weighted by molar-refractivity contribution is 6.79. The molecule has 0 unspecified atom stereocenters. The van der Waals surface area contributed by atoms with Crippen molar-refractivity contribution in [2.45, 2.75) is 34.4 Å². The van der Waals surface area contributed by atoms with Gasteiger partial charge in [0.1, 0.15) is 5.76 Å². The molecule has 1 aliphatic heterocycles. The van der Waals surface area contributed by atoms with Gasteiger partial charge in [-0.3, -0.25) is 4.81 Å². The van der Waals surface area contributed by atoms with E-state index in [9.17, 15) is 0 Å². The van der Waals surface area contributed by atoms with Gasteiger partial charge in [-0.25, -0.2) is 9.55 Å². The number of hydrogen-bond donors (Lipinski definition) is 0. The maximum Gasteiger partial charge on any atom is 0.413 e. The van der Waals surface area contributed by atoms with Crippen molar-refractivity contribution in [2.24, 2.45) is 7.05 Å². The molecule has 25 heavy (non-hydrogen) atoms. The molecule has 0 bridgehead atoms. The number of rotatable bonds is 1. The van der Waals surface area contributed by atoms with Crippen LogP contribution in [0.2, 0.25) is 6.82 Å². The quantitative estimate of drug-likeness (QED) is 0.505. The molecule has 0 atom stereocenters. The lowest BCUT2D eigenvalue weighted by atomic mass is 9.54. The van der Waals surface area contributed by atoms with Gasteiger partial charge in [-0.2, -0.15) is 0 Å². The Morgan fingerprint density at radius 2 is 2.04 bits per heavy atom. The summed E-state index contributed by atoms with van der Waals surface area (Å²) in [6.07, 6.45) is 3.74. The molecule has 0 aliphatic carbocycles. The number of allylic oxidation sites excluding steroid dienone is 1. The van der Waals surface area contributed by atoms with Gasteiger partial charge in [0.05, 0.1) is 18.9 Å². The number of furan rings is 1. The predicted molar refractivity (Wildman–Crippen MR) is 103 cm³/mol. The molecular formula is C20H23BN3O+. The molecule has 0 saturated heterocycles. The Labute approximate surface area is 153 Å². The molecule has 4 rings (SSSR count). The number of nitrogens with zero attached hydrogens (tertiary/aromatic N) is 3. The molecule has 3 aromatic heterocycles. The van der Waals surface area contributed by atoms with Crippen LogP contribution in [0.25, 0.3) is 17.2 Å². The first kappa shape index (κ1) is 12.8. The maximum absolute atomic E-state index is 7.76. The fraction of sp³-hybridized carbons (Fsp3) is 0.300. The maximum atomic E-state index is 7.76. The summed E-state index contributed by atoms with van der Waals surface area (Å²) in [5.74, 6) is 1.78. The lowest BCUT2D eigenvalue weighted by molar-refractivity contribution is -0.658. The van der Waals surface area contributed by atoms with Crippen LogP contribution in [0, 0.1) is 20.7 Å². The number of aryl methyl sites for hydroxylation is 4. The van der Waals surface area contributed by atoms with Crippen molar-refractivity contribution in [3.8, 4) is 0 Å². The van der Waals surface area contributed by atoms with Gasteiger partial charge >= 0.3 is 6.85 Å². The SMILES string of the molecule is [2H]C([2H])([2H])c1c[n+](C)c(N2B(C)c3c(oc4nc(C)ccc34)C=C2C)cc1C. The van der Waals surface area contributed by atoms with Gasteiger partial charge in [0.2, 0.25) is 5.71 Å². The van der Waals surface area contributed by atoms with Gasteiger partial charge in [-0.15, -0.1) is 0 Å². The summed E-state index contributed by atoms with van der Waals surface area (Å²) >= 11 is 0. The number of anilines is 1. The van der Waals surface area contributed by atoms with Crippen molar-refractivity contribution in [3.63, 3.8) is 0 Å². The fourth-order valence-electron chi connectivity index (χ4n) is 3.69. The molecule has 0 amide bonds. The topological polar surface area (TPSA) is 33.2 Å². The Morgan fingerprint density at radius 3 is 2.80 bits per heavy atom. The van der Waals surface area contributed by atoms with Crippen molar-refractivity contribution in [1.29, 1.82) is 0 Å². The van der Waals surface area contributed by atoms with Crippen LogP contribution in [0.3, 0.4) is 0 Å². The third-order valence-electron chi connectivity index (χ3n) is 4.99. The van der Waals surface area contributed by atoms with E-state index in [1.807, 2.05) is 50.6 Å². The minimum Gasteiger partial charge on any atom is -0.439 e. The Morgan fingerprint density at radius 1 is 1.24 bits per heavy atom. The number of aromatic nitrogens is 2. The summed E-state index contributed by atoms with van der Waals surface area (Å²) in [6.45, 7) is 5.87. The van der Waals surface area contributed by atoms with Gasteiger partial charge in [-0.05, 0) is 57.7 Å². The fourth-order valence-corrected chi connectivity index (χ4v) is 3.69. The molecule has 1 aliphatic rings. The molecule has 0 radical (unpaired) electrons. The van der Waals surface area contributed by atoms with E-state index in [-0.39, 0.29) is 6.85 Å². The first-order chi connectivity index (χ1) is 13.1. The highest BCUT2D eigenvalue weighted by Crippen LogP contribution is 2.28. The molecule has 4 nitrogen and oxygen atoms in total. The van der Waals surface area contributed by atoms with E-state index >= 15 is 0 Å². The first-order valence-electron chi connectivity index (χ1n) is 9.96. The minimum absolute atomic E-state index is 0.0231. The Kier molecular flexibility index (Phi) is 2.80. The van der Waals surface area contributed by atoms with E-state index in [2.05, 4.69) is 22.7 Å². The second kappa shape index (κ2) is 5.48. The number of pyridine rings is 2. The smallest absolute Gasteiger partial charge is 0.413 e. The number of fused-ring (bicyclic) bond motifs is 3. The summed E-state index contributed by atoms with van der Waals surface area (Å²) in [6, 6.07) is 6.01. The molecular weight excluding hydrogens is 309 g/mol. The van der Waals surface area contributed by atoms with Crippen LogP contribution in [-0.4, -0.2) is 11.8 Å². The lowest BCUT2D eigenvalue weighted by Crippen LogP contribution is -2.52. The first-order valence-corrected chi connectivity index (χ1v) is 8.46. The minimum atomic E-state index is -2.13. The molecule has 0 N–H and O–H groups in total. The summed E-state index contributed by atoms with van der Waals surface area (Å²) in [5, 5.41) is 1.01. The largest absolute Gasteiger partial charge is 0.439 e. The highest BCUT2D eigenvalue weighted by Gasteiger charge is 2.40. The molecule has 0 spiro atoms.